The van der Waals surface area contributed by atoms with Crippen LogP contribution in [-0.2, 0) is 20.8 Å². The van der Waals surface area contributed by atoms with Crippen molar-refractivity contribution in [3.63, 3.8) is 0 Å². The van der Waals surface area contributed by atoms with Crippen LogP contribution in [0.1, 0.15) is 46.0 Å². The average Bonchev–Trinajstić information content (AvgIpc) is 2.53. The summed E-state index contributed by atoms with van der Waals surface area (Å²) < 4.78 is 36.5. The molecule has 0 amide bonds. The summed E-state index contributed by atoms with van der Waals surface area (Å²) in [6.45, 7) is 5.70. The number of rotatable bonds is 9. The van der Waals surface area contributed by atoms with Gasteiger partial charge in [-0.3, -0.25) is 9.20 Å². The highest BCUT2D eigenvalue weighted by Gasteiger charge is 2.25. The summed E-state index contributed by atoms with van der Waals surface area (Å²) in [5, 5.41) is 6.94. The Morgan fingerprint density at radius 3 is 2.60 bits per heavy atom. The third kappa shape index (κ3) is 11.4. The molecule has 1 aliphatic carbocycles. The zero-order valence-corrected chi connectivity index (χ0v) is 19.4. The number of hydrogen-bond donors (Lipinski definition) is 3. The third-order valence-corrected chi connectivity index (χ3v) is 6.41. The summed E-state index contributed by atoms with van der Waals surface area (Å²) in [6, 6.07) is 0.297. The first kappa shape index (κ1) is 25.1. The minimum absolute atomic E-state index is 0. The lowest BCUT2D eigenvalue weighted by molar-refractivity contribution is 0.413. The van der Waals surface area contributed by atoms with Gasteiger partial charge in [0.25, 0.3) is 0 Å². The number of nitrogens with zero attached hydrogens (tertiary/aromatic N) is 1. The van der Waals surface area contributed by atoms with Crippen LogP contribution in [0, 0.1) is 0 Å². The first-order chi connectivity index (χ1) is 11.4. The molecule has 0 bridgehead atoms. The maximum Gasteiger partial charge on any atom is 0.208 e. The van der Waals surface area contributed by atoms with Crippen LogP contribution < -0.4 is 15.4 Å². The molecule has 1 rings (SSSR count). The average molecular weight is 508 g/mol. The summed E-state index contributed by atoms with van der Waals surface area (Å²) in [5.41, 5.74) is 0. The van der Waals surface area contributed by atoms with Gasteiger partial charge in [-0.1, -0.05) is 13.3 Å². The summed E-state index contributed by atoms with van der Waals surface area (Å²) in [6.07, 6.45) is 5.92. The van der Waals surface area contributed by atoms with E-state index >= 15 is 0 Å². The Morgan fingerprint density at radius 1 is 1.28 bits per heavy atom. The molecular formula is C15H33IN4O3S2. The van der Waals surface area contributed by atoms with Crippen molar-refractivity contribution < 1.29 is 12.6 Å². The fourth-order valence-corrected chi connectivity index (χ4v) is 4.65. The van der Waals surface area contributed by atoms with E-state index in [9.17, 15) is 12.6 Å². The molecule has 3 N–H and O–H groups in total. The van der Waals surface area contributed by atoms with E-state index in [2.05, 4.69) is 20.3 Å². The lowest BCUT2D eigenvalue weighted by atomic mass is 9.95. The van der Waals surface area contributed by atoms with E-state index in [4.69, 9.17) is 0 Å². The van der Waals surface area contributed by atoms with Crippen LogP contribution in [0.4, 0.5) is 0 Å². The molecule has 1 fully saturated rings. The van der Waals surface area contributed by atoms with Crippen LogP contribution in [0.5, 0.6) is 0 Å². The molecule has 25 heavy (non-hydrogen) atoms. The molecule has 0 aromatic carbocycles. The predicted molar refractivity (Wildman–Crippen MR) is 117 cm³/mol. The van der Waals surface area contributed by atoms with Crippen LogP contribution in [0.2, 0.25) is 0 Å². The molecule has 0 heterocycles. The molecule has 0 radical (unpaired) electrons. The van der Waals surface area contributed by atoms with Gasteiger partial charge in [0.05, 0.1) is 6.26 Å². The molecule has 1 saturated carbocycles. The van der Waals surface area contributed by atoms with Gasteiger partial charge in [-0.15, -0.1) is 24.0 Å². The number of sulfonamides is 1. The van der Waals surface area contributed by atoms with Crippen molar-refractivity contribution in [2.24, 2.45) is 4.99 Å². The highest BCUT2D eigenvalue weighted by atomic mass is 127. The smallest absolute Gasteiger partial charge is 0.208 e. The van der Waals surface area contributed by atoms with Crippen LogP contribution in [0.15, 0.2) is 4.99 Å². The van der Waals surface area contributed by atoms with Crippen LogP contribution >= 0.6 is 24.0 Å². The summed E-state index contributed by atoms with van der Waals surface area (Å²) in [4.78, 5) is 4.50. The van der Waals surface area contributed by atoms with E-state index in [1.165, 1.54) is 0 Å². The molecule has 150 valence electrons. The Hall–Kier alpha value is 0.0600. The molecule has 1 aliphatic rings. The molecule has 0 aromatic rings. The molecule has 10 heteroatoms. The minimum Gasteiger partial charge on any atom is -0.357 e. The normalized spacial score (nSPS) is 22.8. The first-order valence-corrected chi connectivity index (χ1v) is 12.0. The molecular weight excluding hydrogens is 475 g/mol. The summed E-state index contributed by atoms with van der Waals surface area (Å²) in [7, 11) is -3.87. The highest BCUT2D eigenvalue weighted by molar-refractivity contribution is 14.0. The number of aliphatic imine (C=N–C) groups is 1. The van der Waals surface area contributed by atoms with E-state index in [1.807, 2.05) is 13.8 Å². The van der Waals surface area contributed by atoms with Crippen molar-refractivity contribution in [3.8, 4) is 0 Å². The van der Waals surface area contributed by atoms with Crippen molar-refractivity contribution in [2.75, 3.05) is 31.6 Å². The van der Waals surface area contributed by atoms with Gasteiger partial charge in [0, 0.05) is 47.5 Å². The fourth-order valence-electron chi connectivity index (χ4n) is 2.79. The van der Waals surface area contributed by atoms with Gasteiger partial charge >= 0.3 is 0 Å². The third-order valence-electron chi connectivity index (χ3n) is 3.94. The van der Waals surface area contributed by atoms with Gasteiger partial charge in [0.15, 0.2) is 5.96 Å². The van der Waals surface area contributed by atoms with E-state index in [-0.39, 0.29) is 29.2 Å². The van der Waals surface area contributed by atoms with Crippen molar-refractivity contribution >= 4 is 50.8 Å². The Bertz CT molecular complexity index is 529. The van der Waals surface area contributed by atoms with E-state index in [1.54, 1.807) is 0 Å². The van der Waals surface area contributed by atoms with Crippen molar-refractivity contribution in [2.45, 2.75) is 57.2 Å². The second kappa shape index (κ2) is 13.3. The maximum absolute atomic E-state index is 12.0. The minimum atomic E-state index is -3.13. The number of hydrogen-bond acceptors (Lipinski definition) is 4. The van der Waals surface area contributed by atoms with Crippen molar-refractivity contribution in [1.82, 2.24) is 15.4 Å². The molecule has 0 spiro atoms. The van der Waals surface area contributed by atoms with Gasteiger partial charge in [-0.25, -0.2) is 13.1 Å². The van der Waals surface area contributed by atoms with Gasteiger partial charge in [-0.2, -0.15) is 0 Å². The Balaban J connectivity index is 0.00000576. The Labute approximate surface area is 172 Å². The summed E-state index contributed by atoms with van der Waals surface area (Å²) in [5.74, 6) is 1.48. The molecule has 3 atom stereocenters. The monoisotopic (exact) mass is 508 g/mol. The summed E-state index contributed by atoms with van der Waals surface area (Å²) >= 11 is 0. The molecule has 0 aromatic heterocycles. The maximum atomic E-state index is 12.0. The second-order valence-corrected chi connectivity index (χ2v) is 9.92. The number of nitrogens with one attached hydrogen (secondary N) is 3. The van der Waals surface area contributed by atoms with E-state index in [0.717, 1.165) is 50.2 Å². The Morgan fingerprint density at radius 2 is 2.00 bits per heavy atom. The molecule has 0 saturated heterocycles. The lowest BCUT2D eigenvalue weighted by Gasteiger charge is -2.30. The quantitative estimate of drug-likeness (QED) is 0.188. The van der Waals surface area contributed by atoms with Gasteiger partial charge in [0.1, 0.15) is 0 Å². The van der Waals surface area contributed by atoms with Crippen LogP contribution in [0.3, 0.4) is 0 Å². The first-order valence-electron chi connectivity index (χ1n) is 8.72. The molecule has 7 nitrogen and oxygen atoms in total. The number of halogens is 1. The molecule has 0 aliphatic heterocycles. The topological polar surface area (TPSA) is 99.7 Å². The van der Waals surface area contributed by atoms with Crippen LogP contribution in [0.25, 0.3) is 0 Å². The van der Waals surface area contributed by atoms with E-state index < -0.39 is 20.8 Å². The fraction of sp³-hybridized carbons (Fsp3) is 0.933. The molecule has 3 unspecified atom stereocenters. The van der Waals surface area contributed by atoms with Gasteiger partial charge in [-0.05, 0) is 32.6 Å². The SMILES string of the molecule is CCNC(=NCCCNS(C)(=O)=O)NC1CCCC(S(=O)CC)C1.I. The Kier molecular flexibility index (Phi) is 13.3. The van der Waals surface area contributed by atoms with E-state index in [0.29, 0.717) is 25.6 Å². The van der Waals surface area contributed by atoms with Gasteiger partial charge < -0.3 is 10.6 Å². The zero-order valence-electron chi connectivity index (χ0n) is 15.4. The lowest BCUT2D eigenvalue weighted by Crippen LogP contribution is -2.46. The second-order valence-electron chi connectivity index (χ2n) is 6.08. The van der Waals surface area contributed by atoms with Crippen molar-refractivity contribution in [3.05, 3.63) is 0 Å². The largest absolute Gasteiger partial charge is 0.357 e. The standard InChI is InChI=1S/C15H32N4O3S2.HI/c1-4-16-15(17-10-7-11-18-24(3,21)22)19-13-8-6-9-14(12-13)23(20)5-2;/h13-14,18H,4-12H2,1-3H3,(H2,16,17,19);1H. The van der Waals surface area contributed by atoms with Crippen molar-refractivity contribution in [1.29, 1.82) is 0 Å². The number of guanidine groups is 1. The highest BCUT2D eigenvalue weighted by Crippen LogP contribution is 2.22. The predicted octanol–water partition coefficient (Wildman–Crippen LogP) is 1.18. The van der Waals surface area contributed by atoms with Crippen LogP contribution in [-0.4, -0.2) is 61.5 Å². The van der Waals surface area contributed by atoms with Gasteiger partial charge in [0.2, 0.25) is 10.0 Å². The zero-order chi connectivity index (χ0) is 18.0.